The normalized spacial score (nSPS) is 15.7. The van der Waals surface area contributed by atoms with Gasteiger partial charge in [0.2, 0.25) is 5.91 Å². The summed E-state index contributed by atoms with van der Waals surface area (Å²) in [6, 6.07) is 10.5. The zero-order valence-corrected chi connectivity index (χ0v) is 19.4. The molecule has 0 spiro atoms. The Morgan fingerprint density at radius 2 is 1.79 bits per heavy atom. The topological polar surface area (TPSA) is 81.6 Å². The SMILES string of the molecule is C=CCOc1cc(/C=N/N2CCCCC2C(=O)Nc2ccc(OC)c(OC)c2)ccc1OC. The molecule has 1 aliphatic rings. The Morgan fingerprint density at radius 1 is 1.06 bits per heavy atom. The fraction of sp³-hybridized carbons (Fsp3) is 0.360. The van der Waals surface area contributed by atoms with E-state index in [1.54, 1.807) is 51.8 Å². The fourth-order valence-corrected chi connectivity index (χ4v) is 3.64. The molecule has 1 saturated heterocycles. The molecule has 0 aromatic heterocycles. The Balaban J connectivity index is 1.73. The number of nitrogens with zero attached hydrogens (tertiary/aromatic N) is 2. The highest BCUT2D eigenvalue weighted by atomic mass is 16.5. The van der Waals surface area contributed by atoms with Gasteiger partial charge in [-0.05, 0) is 55.2 Å². The van der Waals surface area contributed by atoms with E-state index in [9.17, 15) is 4.79 Å². The fourth-order valence-electron chi connectivity index (χ4n) is 3.64. The summed E-state index contributed by atoms with van der Waals surface area (Å²) in [4.78, 5) is 13.1. The van der Waals surface area contributed by atoms with Gasteiger partial charge >= 0.3 is 0 Å². The molecule has 1 heterocycles. The summed E-state index contributed by atoms with van der Waals surface area (Å²) in [5.74, 6) is 2.31. The van der Waals surface area contributed by atoms with Crippen LogP contribution in [-0.2, 0) is 4.79 Å². The summed E-state index contributed by atoms with van der Waals surface area (Å²) in [5, 5.41) is 9.44. The van der Waals surface area contributed by atoms with Crippen molar-refractivity contribution in [2.75, 3.05) is 39.8 Å². The second-order valence-electron chi connectivity index (χ2n) is 7.49. The lowest BCUT2D eigenvalue weighted by molar-refractivity contribution is -0.122. The number of carbonyl (C=O) groups excluding carboxylic acids is 1. The van der Waals surface area contributed by atoms with Crippen molar-refractivity contribution in [2.24, 2.45) is 5.10 Å². The molecule has 1 aliphatic heterocycles. The Labute approximate surface area is 194 Å². The maximum absolute atomic E-state index is 13.1. The van der Waals surface area contributed by atoms with Crippen LogP contribution in [-0.4, -0.2) is 57.7 Å². The van der Waals surface area contributed by atoms with Crippen molar-refractivity contribution in [3.8, 4) is 23.0 Å². The van der Waals surface area contributed by atoms with Crippen LogP contribution in [0.4, 0.5) is 5.69 Å². The molecule has 1 amide bonds. The van der Waals surface area contributed by atoms with Crippen molar-refractivity contribution < 1.29 is 23.7 Å². The van der Waals surface area contributed by atoms with E-state index in [-0.39, 0.29) is 11.9 Å². The van der Waals surface area contributed by atoms with E-state index in [1.165, 1.54) is 0 Å². The Kier molecular flexibility index (Phi) is 8.57. The molecule has 8 heteroatoms. The van der Waals surface area contributed by atoms with Crippen molar-refractivity contribution in [3.63, 3.8) is 0 Å². The summed E-state index contributed by atoms with van der Waals surface area (Å²) in [5.41, 5.74) is 1.49. The van der Waals surface area contributed by atoms with Crippen LogP contribution in [0, 0.1) is 0 Å². The second kappa shape index (κ2) is 11.8. The van der Waals surface area contributed by atoms with Gasteiger partial charge in [-0.3, -0.25) is 9.80 Å². The number of amides is 1. The van der Waals surface area contributed by atoms with Crippen molar-refractivity contribution >= 4 is 17.8 Å². The molecule has 2 aromatic rings. The van der Waals surface area contributed by atoms with Gasteiger partial charge in [0, 0.05) is 18.3 Å². The molecule has 0 radical (unpaired) electrons. The Hall–Kier alpha value is -3.68. The highest BCUT2D eigenvalue weighted by molar-refractivity contribution is 5.95. The first-order chi connectivity index (χ1) is 16.1. The van der Waals surface area contributed by atoms with Crippen molar-refractivity contribution in [1.29, 1.82) is 0 Å². The quantitative estimate of drug-likeness (QED) is 0.431. The van der Waals surface area contributed by atoms with Crippen LogP contribution >= 0.6 is 0 Å². The predicted octanol–water partition coefficient (Wildman–Crippen LogP) is 4.10. The standard InChI is InChI=1S/C25H31N3O5/c1-5-14-33-24-15-18(9-11-22(24)31-3)17-26-28-13-7-6-8-20(28)25(29)27-19-10-12-21(30-2)23(16-19)32-4/h5,9-12,15-17,20H,1,6-8,13-14H2,2-4H3,(H,27,29)/b26-17+. The molecular formula is C25H31N3O5. The summed E-state index contributed by atoms with van der Waals surface area (Å²) >= 11 is 0. The molecule has 8 nitrogen and oxygen atoms in total. The molecule has 0 aliphatic carbocycles. The molecule has 3 rings (SSSR count). The third-order valence-electron chi connectivity index (χ3n) is 5.33. The number of hydrogen-bond donors (Lipinski definition) is 1. The minimum absolute atomic E-state index is 0.108. The van der Waals surface area contributed by atoms with Crippen LogP contribution in [0.3, 0.4) is 0 Å². The Bertz CT molecular complexity index is 992. The summed E-state index contributed by atoms with van der Waals surface area (Å²) in [7, 11) is 4.73. The lowest BCUT2D eigenvalue weighted by atomic mass is 10.0. The number of carbonyl (C=O) groups is 1. The van der Waals surface area contributed by atoms with Gasteiger partial charge in [0.25, 0.3) is 0 Å². The number of benzene rings is 2. The van der Waals surface area contributed by atoms with Gasteiger partial charge in [-0.15, -0.1) is 0 Å². The van der Waals surface area contributed by atoms with Gasteiger partial charge in [-0.2, -0.15) is 5.10 Å². The number of hydrogen-bond acceptors (Lipinski definition) is 7. The smallest absolute Gasteiger partial charge is 0.248 e. The monoisotopic (exact) mass is 453 g/mol. The number of hydrazone groups is 1. The van der Waals surface area contributed by atoms with Gasteiger partial charge < -0.3 is 24.3 Å². The van der Waals surface area contributed by atoms with E-state index in [1.807, 2.05) is 23.2 Å². The third kappa shape index (κ3) is 6.19. The maximum Gasteiger partial charge on any atom is 0.248 e. The van der Waals surface area contributed by atoms with Crippen molar-refractivity contribution in [3.05, 3.63) is 54.6 Å². The van der Waals surface area contributed by atoms with E-state index in [0.29, 0.717) is 41.8 Å². The number of piperidine rings is 1. The zero-order chi connectivity index (χ0) is 23.6. The van der Waals surface area contributed by atoms with Gasteiger partial charge in [0.1, 0.15) is 12.6 Å². The van der Waals surface area contributed by atoms with Gasteiger partial charge in [-0.25, -0.2) is 0 Å². The maximum atomic E-state index is 13.1. The third-order valence-corrected chi connectivity index (χ3v) is 5.33. The minimum atomic E-state index is -0.363. The lowest BCUT2D eigenvalue weighted by Crippen LogP contribution is -2.44. The van der Waals surface area contributed by atoms with Gasteiger partial charge in [-0.1, -0.05) is 12.7 Å². The van der Waals surface area contributed by atoms with Crippen molar-refractivity contribution in [2.45, 2.75) is 25.3 Å². The van der Waals surface area contributed by atoms with Gasteiger partial charge in [0.05, 0.1) is 27.5 Å². The minimum Gasteiger partial charge on any atom is -0.493 e. The first-order valence-electron chi connectivity index (χ1n) is 10.8. The van der Waals surface area contributed by atoms with E-state index in [4.69, 9.17) is 18.9 Å². The van der Waals surface area contributed by atoms with Crippen LogP contribution in [0.5, 0.6) is 23.0 Å². The van der Waals surface area contributed by atoms with Crippen LogP contribution in [0.15, 0.2) is 54.2 Å². The predicted molar refractivity (Wildman–Crippen MR) is 129 cm³/mol. The van der Waals surface area contributed by atoms with Gasteiger partial charge in [0.15, 0.2) is 23.0 Å². The first kappa shape index (κ1) is 24.0. The molecule has 1 N–H and O–H groups in total. The average molecular weight is 454 g/mol. The van der Waals surface area contributed by atoms with Crippen LogP contribution in [0.25, 0.3) is 0 Å². The highest BCUT2D eigenvalue weighted by Gasteiger charge is 2.28. The summed E-state index contributed by atoms with van der Waals surface area (Å²) < 4.78 is 21.6. The number of anilines is 1. The first-order valence-corrected chi connectivity index (χ1v) is 10.8. The molecule has 33 heavy (non-hydrogen) atoms. The van der Waals surface area contributed by atoms with E-state index >= 15 is 0 Å². The van der Waals surface area contributed by atoms with Crippen LogP contribution in [0.2, 0.25) is 0 Å². The molecule has 1 fully saturated rings. The Morgan fingerprint density at radius 3 is 2.52 bits per heavy atom. The molecular weight excluding hydrogens is 422 g/mol. The molecule has 1 atom stereocenters. The molecule has 176 valence electrons. The van der Waals surface area contributed by atoms with E-state index in [0.717, 1.165) is 24.8 Å². The number of rotatable bonds is 10. The molecule has 1 unspecified atom stereocenters. The lowest BCUT2D eigenvalue weighted by Gasteiger charge is -2.32. The number of nitrogens with one attached hydrogen (secondary N) is 1. The molecule has 0 bridgehead atoms. The highest BCUT2D eigenvalue weighted by Crippen LogP contribution is 2.30. The summed E-state index contributed by atoms with van der Waals surface area (Å²) in [6.07, 6.45) is 6.09. The van der Waals surface area contributed by atoms with E-state index < -0.39 is 0 Å². The summed E-state index contributed by atoms with van der Waals surface area (Å²) in [6.45, 7) is 4.76. The largest absolute Gasteiger partial charge is 0.493 e. The molecule has 2 aromatic carbocycles. The van der Waals surface area contributed by atoms with E-state index in [2.05, 4.69) is 17.0 Å². The zero-order valence-electron chi connectivity index (χ0n) is 19.4. The van der Waals surface area contributed by atoms with Crippen molar-refractivity contribution in [1.82, 2.24) is 5.01 Å². The number of ether oxygens (including phenoxy) is 4. The average Bonchev–Trinajstić information content (AvgIpc) is 2.86. The van der Waals surface area contributed by atoms with Crippen LogP contribution in [0.1, 0.15) is 24.8 Å². The number of methoxy groups -OCH3 is 3. The second-order valence-corrected chi connectivity index (χ2v) is 7.49. The molecule has 0 saturated carbocycles. The van der Waals surface area contributed by atoms with Crippen LogP contribution < -0.4 is 24.3 Å².